The first-order chi connectivity index (χ1) is 18.7. The molecule has 0 rings (SSSR count). The zero-order chi connectivity index (χ0) is 35.5. The van der Waals surface area contributed by atoms with E-state index in [-0.39, 0.29) is 27.3 Å². The van der Waals surface area contributed by atoms with Gasteiger partial charge < -0.3 is 43.1 Å². The van der Waals surface area contributed by atoms with Gasteiger partial charge in [-0.05, 0) is 37.0 Å². The summed E-state index contributed by atoms with van der Waals surface area (Å²) in [4.78, 5) is 57.3. The molecule has 0 amide bonds. The van der Waals surface area contributed by atoms with Gasteiger partial charge in [-0.1, -0.05) is 83.1 Å². The van der Waals surface area contributed by atoms with E-state index in [2.05, 4.69) is 0 Å². The van der Waals surface area contributed by atoms with E-state index >= 15 is 0 Å². The van der Waals surface area contributed by atoms with Gasteiger partial charge >= 0.3 is 17.4 Å². The first-order valence-electron chi connectivity index (χ1n) is 14.5. The Kier molecular flexibility index (Phi) is 51.3. The van der Waals surface area contributed by atoms with E-state index in [1.165, 1.54) is 0 Å². The molecular formula is C24H66AlO12P7. The van der Waals surface area contributed by atoms with Crippen molar-refractivity contribution in [3.63, 3.8) is 0 Å². The molecule has 0 aliphatic rings. The largest absolute Gasteiger partial charge is 3.00 e. The van der Waals surface area contributed by atoms with Gasteiger partial charge in [-0.2, -0.15) is 9.90 Å². The Morgan fingerprint density at radius 2 is 0.432 bits per heavy atom. The molecule has 1 atom stereocenters. The SMILES string of the molecule is CCP(=O)(O)CC.CCP(=O)(O)CC.CCP(=O)(O)CC.CCP(=O)([O-])CC.CCP(=O)([O-])CC.CCP(=O)([O-])CC.P.[Al+3]. The normalized spacial score (nSPS) is 11.3. The summed E-state index contributed by atoms with van der Waals surface area (Å²) in [5, 5.41) is 0. The smallest absolute Gasteiger partial charge is 0.799 e. The summed E-state index contributed by atoms with van der Waals surface area (Å²) in [7, 11) is -16.7. The fourth-order valence-corrected chi connectivity index (χ4v) is 4.02. The van der Waals surface area contributed by atoms with Gasteiger partial charge in [-0.25, -0.2) is 0 Å². The maximum Gasteiger partial charge on any atom is 3.00 e. The van der Waals surface area contributed by atoms with Crippen molar-refractivity contribution in [3.05, 3.63) is 0 Å². The van der Waals surface area contributed by atoms with E-state index < -0.39 is 44.2 Å². The van der Waals surface area contributed by atoms with Crippen LogP contribution in [-0.4, -0.2) is 106 Å². The zero-order valence-corrected chi connectivity index (χ0v) is 37.4. The molecule has 12 nitrogen and oxygen atoms in total. The zero-order valence-electron chi connectivity index (χ0n) is 29.5. The molecule has 0 aromatic rings. The Morgan fingerprint density at radius 1 is 0.341 bits per heavy atom. The number of hydrogen-bond donors (Lipinski definition) is 3. The molecule has 20 heteroatoms. The summed E-state index contributed by atoms with van der Waals surface area (Å²) in [5.74, 6) is 0. The van der Waals surface area contributed by atoms with Crippen LogP contribution in [0.1, 0.15) is 83.1 Å². The summed E-state index contributed by atoms with van der Waals surface area (Å²) in [6.07, 6.45) is 4.21. The fraction of sp³-hybridized carbons (Fsp3) is 1.00. The van der Waals surface area contributed by atoms with Crippen LogP contribution in [0, 0.1) is 0 Å². The van der Waals surface area contributed by atoms with Crippen LogP contribution in [0.3, 0.4) is 0 Å². The van der Waals surface area contributed by atoms with Crippen molar-refractivity contribution in [2.75, 3.05) is 73.9 Å². The van der Waals surface area contributed by atoms with E-state index in [4.69, 9.17) is 14.7 Å². The minimum atomic E-state index is -2.90. The van der Waals surface area contributed by atoms with Crippen molar-refractivity contribution in [3.8, 4) is 0 Å². The van der Waals surface area contributed by atoms with E-state index in [0.717, 1.165) is 0 Å². The van der Waals surface area contributed by atoms with Crippen molar-refractivity contribution >= 4 is 71.5 Å². The van der Waals surface area contributed by atoms with Gasteiger partial charge in [0.1, 0.15) is 0 Å². The van der Waals surface area contributed by atoms with Gasteiger partial charge in [0.15, 0.2) is 22.1 Å². The van der Waals surface area contributed by atoms with E-state index in [1.54, 1.807) is 83.1 Å². The van der Waals surface area contributed by atoms with Gasteiger partial charge in [-0.3, -0.25) is 13.7 Å². The Bertz CT molecular complexity index is 686. The molecule has 0 aromatic carbocycles. The molecular weight excluding hydrogens is 724 g/mol. The predicted molar refractivity (Wildman–Crippen MR) is 196 cm³/mol. The average molecular weight is 791 g/mol. The molecule has 0 bridgehead atoms. The Labute approximate surface area is 284 Å². The van der Waals surface area contributed by atoms with Gasteiger partial charge in [0.05, 0.1) is 0 Å². The fourth-order valence-electron chi connectivity index (χ4n) is 1.34. The van der Waals surface area contributed by atoms with Gasteiger partial charge in [-0.15, -0.1) is 0 Å². The van der Waals surface area contributed by atoms with Crippen LogP contribution in [0.2, 0.25) is 0 Å². The maximum atomic E-state index is 10.5. The van der Waals surface area contributed by atoms with E-state index in [9.17, 15) is 42.1 Å². The summed E-state index contributed by atoms with van der Waals surface area (Å²) >= 11 is 0. The first kappa shape index (κ1) is 64.6. The summed E-state index contributed by atoms with van der Waals surface area (Å²) in [6.45, 7) is 20.3. The molecule has 0 aliphatic heterocycles. The third-order valence-electron chi connectivity index (χ3n) is 5.86. The molecule has 0 spiro atoms. The molecule has 1 unspecified atom stereocenters. The van der Waals surface area contributed by atoms with Crippen LogP contribution in [0.4, 0.5) is 0 Å². The number of rotatable bonds is 12. The molecule has 0 radical (unpaired) electrons. The molecule has 0 fully saturated rings. The third-order valence-corrected chi connectivity index (χ3v) is 17.6. The quantitative estimate of drug-likeness (QED) is 0.163. The molecule has 44 heavy (non-hydrogen) atoms. The number of hydrogen-bond acceptors (Lipinski definition) is 9. The minimum Gasteiger partial charge on any atom is -0.799 e. The van der Waals surface area contributed by atoms with Crippen molar-refractivity contribution in [2.45, 2.75) is 83.1 Å². The Morgan fingerprint density at radius 3 is 0.432 bits per heavy atom. The molecule has 0 heterocycles. The Balaban J connectivity index is -0.0000000584. The molecule has 272 valence electrons. The molecule has 0 saturated heterocycles. The average Bonchev–Trinajstić information content (AvgIpc) is 2.98. The second-order valence-corrected chi connectivity index (χ2v) is 26.3. The maximum absolute atomic E-state index is 10.5. The van der Waals surface area contributed by atoms with Gasteiger partial charge in [0.25, 0.3) is 0 Å². The second kappa shape index (κ2) is 34.9. The van der Waals surface area contributed by atoms with Crippen molar-refractivity contribution < 1.29 is 56.8 Å². The van der Waals surface area contributed by atoms with Crippen molar-refractivity contribution in [1.82, 2.24) is 0 Å². The minimum absolute atomic E-state index is 0. The van der Waals surface area contributed by atoms with Crippen LogP contribution in [-0.2, 0) is 27.4 Å². The molecule has 0 saturated carbocycles. The van der Waals surface area contributed by atoms with Gasteiger partial charge in [0, 0.05) is 59.1 Å². The third kappa shape index (κ3) is 56.4. The van der Waals surface area contributed by atoms with Crippen LogP contribution in [0.15, 0.2) is 0 Å². The summed E-state index contributed by atoms with van der Waals surface area (Å²) < 4.78 is 62.7. The van der Waals surface area contributed by atoms with Crippen molar-refractivity contribution in [1.29, 1.82) is 0 Å². The monoisotopic (exact) mass is 790 g/mol. The molecule has 3 N–H and O–H groups in total. The molecule has 0 aromatic heterocycles. The van der Waals surface area contributed by atoms with E-state index in [1.807, 2.05) is 0 Å². The standard InChI is InChI=1S/6C4H11O2P.Al.H3P/c6*1-3-7(5,6)4-2;;/h6*3-4H2,1-2H3,(H,5,6);;1H3/q;;;;;;+3;/p-3. The topological polar surface area (TPSA) is 232 Å². The van der Waals surface area contributed by atoms with E-state index in [0.29, 0.717) is 73.9 Å². The van der Waals surface area contributed by atoms with Crippen LogP contribution in [0.25, 0.3) is 0 Å². The van der Waals surface area contributed by atoms with Gasteiger partial charge in [0.2, 0.25) is 0 Å². The summed E-state index contributed by atoms with van der Waals surface area (Å²) in [5.41, 5.74) is 0. The van der Waals surface area contributed by atoms with Crippen molar-refractivity contribution in [2.24, 2.45) is 0 Å². The Hall–Kier alpha value is 2.10. The van der Waals surface area contributed by atoms with Crippen LogP contribution < -0.4 is 14.7 Å². The second-order valence-electron chi connectivity index (χ2n) is 8.78. The summed E-state index contributed by atoms with van der Waals surface area (Å²) in [6, 6.07) is 0. The molecule has 0 aliphatic carbocycles. The first-order valence-corrected chi connectivity index (χ1v) is 26.6. The van der Waals surface area contributed by atoms with Crippen LogP contribution in [0.5, 0.6) is 0 Å². The predicted octanol–water partition coefficient (Wildman–Crippen LogP) is 5.56. The van der Waals surface area contributed by atoms with Crippen LogP contribution >= 0.6 is 54.1 Å².